The molecule has 1 aromatic carbocycles. The number of hydrogen-bond acceptors (Lipinski definition) is 4. The summed E-state index contributed by atoms with van der Waals surface area (Å²) in [5.41, 5.74) is 0.690. The fourth-order valence-corrected chi connectivity index (χ4v) is 2.97. The molecule has 6 nitrogen and oxygen atoms in total. The molecule has 1 N–H and O–H groups in total. The molecule has 126 valence electrons. The van der Waals surface area contributed by atoms with Crippen molar-refractivity contribution in [1.82, 2.24) is 5.32 Å². The van der Waals surface area contributed by atoms with Gasteiger partial charge in [0.25, 0.3) is 5.69 Å². The molecular formula is C17H24N2O4. The van der Waals surface area contributed by atoms with Gasteiger partial charge < -0.3 is 10.1 Å². The van der Waals surface area contributed by atoms with E-state index in [-0.39, 0.29) is 17.8 Å². The molecule has 2 atom stereocenters. The summed E-state index contributed by atoms with van der Waals surface area (Å²) in [5, 5.41) is 13.7. The van der Waals surface area contributed by atoms with E-state index in [4.69, 9.17) is 4.74 Å². The maximum atomic E-state index is 11.9. The van der Waals surface area contributed by atoms with E-state index in [1.165, 1.54) is 0 Å². The summed E-state index contributed by atoms with van der Waals surface area (Å²) < 4.78 is 5.30. The van der Waals surface area contributed by atoms with Crippen molar-refractivity contribution in [2.24, 2.45) is 0 Å². The van der Waals surface area contributed by atoms with E-state index in [1.54, 1.807) is 12.1 Å². The summed E-state index contributed by atoms with van der Waals surface area (Å²) in [7, 11) is 0. The maximum absolute atomic E-state index is 11.9. The zero-order valence-corrected chi connectivity index (χ0v) is 13.9. The third-order valence-corrected chi connectivity index (χ3v) is 3.97. The number of nitro groups is 1. The Hall–Kier alpha value is -2.11. The Kier molecular flexibility index (Phi) is 5.23. The van der Waals surface area contributed by atoms with Gasteiger partial charge in [-0.2, -0.15) is 0 Å². The third kappa shape index (κ3) is 5.23. The van der Waals surface area contributed by atoms with Crippen molar-refractivity contribution < 1.29 is 14.5 Å². The van der Waals surface area contributed by atoms with Crippen LogP contribution in [-0.4, -0.2) is 22.7 Å². The molecule has 1 aliphatic carbocycles. The number of ether oxygens (including phenoxy) is 1. The SMILES string of the molecule is CC(C)(C)OC(=O)NC1CCCC(c2ccc([N+](=O)[O-])cc2)C1. The molecule has 0 spiro atoms. The molecule has 0 heterocycles. The number of nitrogens with one attached hydrogen (secondary N) is 1. The third-order valence-electron chi connectivity index (χ3n) is 3.97. The number of benzene rings is 1. The minimum Gasteiger partial charge on any atom is -0.444 e. The number of nitro benzene ring substituents is 1. The van der Waals surface area contributed by atoms with Crippen LogP contribution in [0.15, 0.2) is 24.3 Å². The molecule has 2 unspecified atom stereocenters. The summed E-state index contributed by atoms with van der Waals surface area (Å²) in [4.78, 5) is 22.2. The van der Waals surface area contributed by atoms with Gasteiger partial charge in [0.1, 0.15) is 5.60 Å². The fourth-order valence-electron chi connectivity index (χ4n) is 2.97. The number of hydrogen-bond donors (Lipinski definition) is 1. The molecule has 0 radical (unpaired) electrons. The predicted molar refractivity (Wildman–Crippen MR) is 87.5 cm³/mol. The molecule has 1 aromatic rings. The number of amides is 1. The number of alkyl carbamates (subject to hydrolysis) is 1. The molecule has 0 saturated heterocycles. The Morgan fingerprint density at radius 2 is 1.91 bits per heavy atom. The molecule has 0 bridgehead atoms. The normalized spacial score (nSPS) is 21.5. The Balaban J connectivity index is 1.95. The lowest BCUT2D eigenvalue weighted by molar-refractivity contribution is -0.384. The molecule has 6 heteroatoms. The Labute approximate surface area is 136 Å². The van der Waals surface area contributed by atoms with Gasteiger partial charge in [-0.15, -0.1) is 0 Å². The van der Waals surface area contributed by atoms with Gasteiger partial charge >= 0.3 is 6.09 Å². The van der Waals surface area contributed by atoms with Crippen LogP contribution in [0.25, 0.3) is 0 Å². The second-order valence-electron chi connectivity index (χ2n) is 7.06. The highest BCUT2D eigenvalue weighted by Gasteiger charge is 2.26. The van der Waals surface area contributed by atoms with Crippen LogP contribution >= 0.6 is 0 Å². The van der Waals surface area contributed by atoms with Gasteiger partial charge in [-0.3, -0.25) is 10.1 Å². The number of nitrogens with zero attached hydrogens (tertiary/aromatic N) is 1. The molecule has 0 aliphatic heterocycles. The largest absolute Gasteiger partial charge is 0.444 e. The molecule has 1 fully saturated rings. The van der Waals surface area contributed by atoms with Crippen molar-refractivity contribution in [2.45, 2.75) is 64.0 Å². The van der Waals surface area contributed by atoms with Crippen LogP contribution in [0.5, 0.6) is 0 Å². The monoisotopic (exact) mass is 320 g/mol. The van der Waals surface area contributed by atoms with E-state index < -0.39 is 10.5 Å². The molecular weight excluding hydrogens is 296 g/mol. The van der Waals surface area contributed by atoms with Crippen molar-refractivity contribution in [3.05, 3.63) is 39.9 Å². The summed E-state index contributed by atoms with van der Waals surface area (Å²) in [6.07, 6.45) is 3.43. The van der Waals surface area contributed by atoms with Crippen molar-refractivity contribution >= 4 is 11.8 Å². The number of carbonyl (C=O) groups excluding carboxylic acids is 1. The molecule has 1 saturated carbocycles. The van der Waals surface area contributed by atoms with Crippen LogP contribution < -0.4 is 5.32 Å². The first-order chi connectivity index (χ1) is 10.7. The van der Waals surface area contributed by atoms with Gasteiger partial charge in [0.05, 0.1) is 4.92 Å². The second-order valence-corrected chi connectivity index (χ2v) is 7.06. The predicted octanol–water partition coefficient (Wildman–Crippen LogP) is 4.15. The Bertz CT molecular complexity index is 563. The van der Waals surface area contributed by atoms with Gasteiger partial charge in [0.2, 0.25) is 0 Å². The number of non-ortho nitro benzene ring substituents is 1. The average Bonchev–Trinajstić information content (AvgIpc) is 2.45. The first kappa shape index (κ1) is 17.2. The summed E-state index contributed by atoms with van der Waals surface area (Å²) in [5.74, 6) is 0.310. The van der Waals surface area contributed by atoms with Gasteiger partial charge in [0.15, 0.2) is 0 Å². The number of carbonyl (C=O) groups is 1. The summed E-state index contributed by atoms with van der Waals surface area (Å²) >= 11 is 0. The minimum atomic E-state index is -0.503. The zero-order valence-electron chi connectivity index (χ0n) is 13.9. The number of rotatable bonds is 3. The van der Waals surface area contributed by atoms with E-state index >= 15 is 0 Å². The van der Waals surface area contributed by atoms with Crippen molar-refractivity contribution in [2.75, 3.05) is 0 Å². The van der Waals surface area contributed by atoms with Crippen LogP contribution in [0.1, 0.15) is 57.9 Å². The van der Waals surface area contributed by atoms with E-state index in [0.717, 1.165) is 31.2 Å². The van der Waals surface area contributed by atoms with Crippen LogP contribution in [-0.2, 0) is 4.74 Å². The van der Waals surface area contributed by atoms with E-state index in [9.17, 15) is 14.9 Å². The van der Waals surface area contributed by atoms with E-state index in [2.05, 4.69) is 5.32 Å². The molecule has 1 aliphatic rings. The van der Waals surface area contributed by atoms with Crippen LogP contribution in [0, 0.1) is 10.1 Å². The van der Waals surface area contributed by atoms with E-state index in [0.29, 0.717) is 5.92 Å². The first-order valence-corrected chi connectivity index (χ1v) is 7.98. The highest BCUT2D eigenvalue weighted by molar-refractivity contribution is 5.68. The standard InChI is InChI=1S/C17H24N2O4/c1-17(2,3)23-16(20)18-14-6-4-5-13(11-14)12-7-9-15(10-8-12)19(21)22/h7-10,13-14H,4-6,11H2,1-3H3,(H,18,20). The topological polar surface area (TPSA) is 81.5 Å². The summed E-state index contributed by atoms with van der Waals surface area (Å²) in [6, 6.07) is 6.80. The zero-order chi connectivity index (χ0) is 17.0. The fraction of sp³-hybridized carbons (Fsp3) is 0.588. The lowest BCUT2D eigenvalue weighted by Crippen LogP contribution is -2.41. The average molecular weight is 320 g/mol. The quantitative estimate of drug-likeness (QED) is 0.670. The second kappa shape index (κ2) is 6.98. The van der Waals surface area contributed by atoms with Crippen LogP contribution in [0.3, 0.4) is 0 Å². The summed E-state index contributed by atoms with van der Waals surface area (Å²) in [6.45, 7) is 5.52. The Morgan fingerprint density at radius 1 is 1.26 bits per heavy atom. The molecule has 2 rings (SSSR count). The minimum absolute atomic E-state index is 0.0822. The van der Waals surface area contributed by atoms with Crippen LogP contribution in [0.2, 0.25) is 0 Å². The molecule has 23 heavy (non-hydrogen) atoms. The van der Waals surface area contributed by atoms with Gasteiger partial charge in [-0.25, -0.2) is 4.79 Å². The highest BCUT2D eigenvalue weighted by atomic mass is 16.6. The van der Waals surface area contributed by atoms with E-state index in [1.807, 2.05) is 32.9 Å². The lowest BCUT2D eigenvalue weighted by Gasteiger charge is -2.31. The highest BCUT2D eigenvalue weighted by Crippen LogP contribution is 2.33. The smallest absolute Gasteiger partial charge is 0.407 e. The van der Waals surface area contributed by atoms with Crippen molar-refractivity contribution in [1.29, 1.82) is 0 Å². The maximum Gasteiger partial charge on any atom is 0.407 e. The van der Waals surface area contributed by atoms with Gasteiger partial charge in [-0.05, 0) is 51.5 Å². The van der Waals surface area contributed by atoms with Gasteiger partial charge in [0, 0.05) is 18.2 Å². The lowest BCUT2D eigenvalue weighted by atomic mass is 9.81. The molecule has 0 aromatic heterocycles. The van der Waals surface area contributed by atoms with Crippen molar-refractivity contribution in [3.63, 3.8) is 0 Å². The van der Waals surface area contributed by atoms with Crippen LogP contribution in [0.4, 0.5) is 10.5 Å². The van der Waals surface area contributed by atoms with Crippen molar-refractivity contribution in [3.8, 4) is 0 Å². The Morgan fingerprint density at radius 3 is 2.48 bits per heavy atom. The van der Waals surface area contributed by atoms with Gasteiger partial charge in [-0.1, -0.05) is 18.6 Å². The first-order valence-electron chi connectivity index (χ1n) is 7.98. The molecule has 1 amide bonds.